The van der Waals surface area contributed by atoms with Gasteiger partial charge in [0.25, 0.3) is 0 Å². The van der Waals surface area contributed by atoms with Gasteiger partial charge in [-0.2, -0.15) is 0 Å². The highest BCUT2D eigenvalue weighted by Gasteiger charge is 2.00. The van der Waals surface area contributed by atoms with Gasteiger partial charge in [-0.15, -0.1) is 0 Å². The van der Waals surface area contributed by atoms with E-state index in [0.717, 1.165) is 13.0 Å². The Bertz CT molecular complexity index is 114. The van der Waals surface area contributed by atoms with Crippen LogP contribution in [-0.2, 0) is 4.79 Å². The first-order valence-corrected chi connectivity index (χ1v) is 3.79. The maximum Gasteiger partial charge on any atom is 0.236 e. The summed E-state index contributed by atoms with van der Waals surface area (Å²) in [5.74, 6) is 0.0991. The third-order valence-corrected chi connectivity index (χ3v) is 1.33. The number of nitrogens with one attached hydrogen (secondary N) is 1. The zero-order chi connectivity index (χ0) is 8.69. The Morgan fingerprint density at radius 3 is 2.64 bits per heavy atom. The predicted molar refractivity (Wildman–Crippen MR) is 45.2 cm³/mol. The summed E-state index contributed by atoms with van der Waals surface area (Å²) in [5, 5.41) is 3.00. The van der Waals surface area contributed by atoms with Crippen LogP contribution in [0.4, 0.5) is 0 Å². The minimum atomic E-state index is 0.0991. The van der Waals surface area contributed by atoms with Crippen molar-refractivity contribution >= 4 is 5.91 Å². The quantitative estimate of drug-likeness (QED) is 0.507. The van der Waals surface area contributed by atoms with Crippen LogP contribution in [0.1, 0.15) is 6.42 Å². The highest BCUT2D eigenvalue weighted by molar-refractivity contribution is 5.77. The van der Waals surface area contributed by atoms with E-state index < -0.39 is 0 Å². The summed E-state index contributed by atoms with van der Waals surface area (Å²) in [6.07, 6.45) is 0.917. The minimum absolute atomic E-state index is 0.0991. The molecule has 66 valence electrons. The number of hydrogen-bond acceptors (Lipinski definition) is 3. The smallest absolute Gasteiger partial charge is 0.236 e. The van der Waals surface area contributed by atoms with Crippen molar-refractivity contribution in [2.24, 2.45) is 5.73 Å². The van der Waals surface area contributed by atoms with Crippen molar-refractivity contribution in [1.29, 1.82) is 0 Å². The fourth-order valence-corrected chi connectivity index (χ4v) is 0.580. The largest absolute Gasteiger partial charge is 0.348 e. The number of amides is 1. The Balaban J connectivity index is 3.18. The second kappa shape index (κ2) is 6.12. The van der Waals surface area contributed by atoms with Gasteiger partial charge in [-0.3, -0.25) is 4.79 Å². The summed E-state index contributed by atoms with van der Waals surface area (Å²) in [6, 6.07) is 0. The fourth-order valence-electron chi connectivity index (χ4n) is 0.580. The van der Waals surface area contributed by atoms with Crippen LogP contribution < -0.4 is 11.1 Å². The van der Waals surface area contributed by atoms with Crippen LogP contribution in [0.5, 0.6) is 0 Å². The first-order valence-electron chi connectivity index (χ1n) is 3.79. The van der Waals surface area contributed by atoms with Gasteiger partial charge < -0.3 is 16.0 Å². The second-order valence-electron chi connectivity index (χ2n) is 2.61. The van der Waals surface area contributed by atoms with Crippen LogP contribution in [0.3, 0.4) is 0 Å². The lowest BCUT2D eigenvalue weighted by Gasteiger charge is -2.10. The first kappa shape index (κ1) is 10.4. The van der Waals surface area contributed by atoms with Crippen molar-refractivity contribution in [3.05, 3.63) is 0 Å². The number of likely N-dealkylation sites (N-methyl/N-ethyl adjacent to an activating group) is 1. The Morgan fingerprint density at radius 2 is 2.18 bits per heavy atom. The molecule has 1 amide bonds. The molecule has 4 heteroatoms. The molecular formula is C7H17N3O. The van der Waals surface area contributed by atoms with Gasteiger partial charge in [0, 0.05) is 14.1 Å². The average Bonchev–Trinajstić information content (AvgIpc) is 1.97. The van der Waals surface area contributed by atoms with Crippen LogP contribution in [0, 0.1) is 0 Å². The molecule has 4 nitrogen and oxygen atoms in total. The number of carbonyl (C=O) groups excluding carboxylic acids is 1. The average molecular weight is 159 g/mol. The number of nitrogens with zero attached hydrogens (tertiary/aromatic N) is 1. The SMILES string of the molecule is CN(C)C(=O)CNCCCN. The van der Waals surface area contributed by atoms with Crippen molar-refractivity contribution in [1.82, 2.24) is 10.2 Å². The Kier molecular flexibility index (Phi) is 5.78. The van der Waals surface area contributed by atoms with Gasteiger partial charge in [-0.25, -0.2) is 0 Å². The molecule has 3 N–H and O–H groups in total. The maximum absolute atomic E-state index is 10.9. The fraction of sp³-hybridized carbons (Fsp3) is 0.857. The third-order valence-electron chi connectivity index (χ3n) is 1.33. The summed E-state index contributed by atoms with van der Waals surface area (Å²) in [6.45, 7) is 1.90. The highest BCUT2D eigenvalue weighted by Crippen LogP contribution is 1.76. The molecule has 0 heterocycles. The lowest BCUT2D eigenvalue weighted by atomic mass is 10.4. The molecule has 0 saturated heterocycles. The molecule has 0 spiro atoms. The standard InChI is InChI=1S/C7H17N3O/c1-10(2)7(11)6-9-5-3-4-8/h9H,3-6,8H2,1-2H3. The molecule has 0 aliphatic rings. The van der Waals surface area contributed by atoms with E-state index in [1.165, 1.54) is 0 Å². The Hall–Kier alpha value is -0.610. The molecule has 11 heavy (non-hydrogen) atoms. The van der Waals surface area contributed by atoms with Gasteiger partial charge in [0.1, 0.15) is 0 Å². The Labute approximate surface area is 67.7 Å². The van der Waals surface area contributed by atoms with Crippen LogP contribution in [0.2, 0.25) is 0 Å². The van der Waals surface area contributed by atoms with E-state index in [4.69, 9.17) is 5.73 Å². The molecule has 0 bridgehead atoms. The van der Waals surface area contributed by atoms with Gasteiger partial charge in [0.2, 0.25) is 5.91 Å². The highest BCUT2D eigenvalue weighted by atomic mass is 16.2. The van der Waals surface area contributed by atoms with Crippen LogP contribution in [0.25, 0.3) is 0 Å². The minimum Gasteiger partial charge on any atom is -0.348 e. The zero-order valence-electron chi connectivity index (χ0n) is 7.26. The lowest BCUT2D eigenvalue weighted by Crippen LogP contribution is -2.33. The van der Waals surface area contributed by atoms with Crippen LogP contribution in [0.15, 0.2) is 0 Å². The zero-order valence-corrected chi connectivity index (χ0v) is 7.26. The molecule has 0 aliphatic heterocycles. The van der Waals surface area contributed by atoms with Crippen molar-refractivity contribution in [3.63, 3.8) is 0 Å². The van der Waals surface area contributed by atoms with Crippen molar-refractivity contribution in [3.8, 4) is 0 Å². The second-order valence-corrected chi connectivity index (χ2v) is 2.61. The number of carbonyl (C=O) groups is 1. The Morgan fingerprint density at radius 1 is 1.55 bits per heavy atom. The van der Waals surface area contributed by atoms with Gasteiger partial charge >= 0.3 is 0 Å². The summed E-state index contributed by atoms with van der Waals surface area (Å²) in [4.78, 5) is 12.5. The summed E-state index contributed by atoms with van der Waals surface area (Å²) >= 11 is 0. The van der Waals surface area contributed by atoms with Crippen LogP contribution in [-0.4, -0.2) is 44.5 Å². The van der Waals surface area contributed by atoms with Crippen molar-refractivity contribution in [2.75, 3.05) is 33.7 Å². The summed E-state index contributed by atoms with van der Waals surface area (Å²) in [5.41, 5.74) is 5.27. The number of hydrogen-bond donors (Lipinski definition) is 2. The van der Waals surface area contributed by atoms with Gasteiger partial charge in [0.15, 0.2) is 0 Å². The maximum atomic E-state index is 10.9. The molecule has 0 saturated carbocycles. The number of nitrogens with two attached hydrogens (primary N) is 1. The third kappa shape index (κ3) is 5.82. The summed E-state index contributed by atoms with van der Waals surface area (Å²) < 4.78 is 0. The molecule has 0 aliphatic carbocycles. The molecule has 0 atom stereocenters. The molecule has 0 radical (unpaired) electrons. The van der Waals surface area contributed by atoms with E-state index in [-0.39, 0.29) is 5.91 Å². The van der Waals surface area contributed by atoms with Crippen LogP contribution >= 0.6 is 0 Å². The van der Waals surface area contributed by atoms with Gasteiger partial charge in [-0.05, 0) is 19.5 Å². The van der Waals surface area contributed by atoms with Gasteiger partial charge in [0.05, 0.1) is 6.54 Å². The van der Waals surface area contributed by atoms with Gasteiger partial charge in [-0.1, -0.05) is 0 Å². The molecular weight excluding hydrogens is 142 g/mol. The molecule has 0 unspecified atom stereocenters. The molecule has 0 rings (SSSR count). The topological polar surface area (TPSA) is 58.4 Å². The van der Waals surface area contributed by atoms with Crippen molar-refractivity contribution in [2.45, 2.75) is 6.42 Å². The predicted octanol–water partition coefficient (Wildman–Crippen LogP) is -0.987. The summed E-state index contributed by atoms with van der Waals surface area (Å²) in [7, 11) is 3.49. The molecule has 0 aromatic rings. The number of rotatable bonds is 5. The van der Waals surface area contributed by atoms with E-state index in [0.29, 0.717) is 13.1 Å². The molecule has 0 aromatic carbocycles. The normalized spacial score (nSPS) is 9.73. The van der Waals surface area contributed by atoms with E-state index in [1.807, 2.05) is 0 Å². The van der Waals surface area contributed by atoms with E-state index in [9.17, 15) is 4.79 Å². The van der Waals surface area contributed by atoms with E-state index in [2.05, 4.69) is 5.32 Å². The molecule has 0 aromatic heterocycles. The first-order chi connectivity index (χ1) is 5.18. The van der Waals surface area contributed by atoms with Crippen molar-refractivity contribution < 1.29 is 4.79 Å². The van der Waals surface area contributed by atoms with E-state index in [1.54, 1.807) is 19.0 Å². The van der Waals surface area contributed by atoms with E-state index >= 15 is 0 Å². The lowest BCUT2D eigenvalue weighted by molar-refractivity contribution is -0.127. The molecule has 0 fully saturated rings. The monoisotopic (exact) mass is 159 g/mol.